The van der Waals surface area contributed by atoms with E-state index in [-0.39, 0.29) is 11.3 Å². The minimum absolute atomic E-state index is 0.0713. The summed E-state index contributed by atoms with van der Waals surface area (Å²) in [6.45, 7) is 0.00426. The third-order valence-electron chi connectivity index (χ3n) is 2.38. The number of halogens is 2. The molecule has 0 amide bonds. The normalized spacial score (nSPS) is 16.1. The number of hydrogen-bond donors (Lipinski definition) is 3. The van der Waals surface area contributed by atoms with Gasteiger partial charge in [0, 0.05) is 0 Å². The van der Waals surface area contributed by atoms with Crippen molar-refractivity contribution in [1.82, 2.24) is 0 Å². The first-order chi connectivity index (χ1) is 6.81. The number of aromatic hydroxyl groups is 1. The first-order valence-corrected chi connectivity index (χ1v) is 4.41. The zero-order chi connectivity index (χ0) is 11.7. The number of phenolic OH excluding ortho intramolecular Hbond substituents is 1. The van der Waals surface area contributed by atoms with Crippen molar-refractivity contribution in [2.75, 3.05) is 6.54 Å². The van der Waals surface area contributed by atoms with Crippen molar-refractivity contribution in [3.8, 4) is 5.75 Å². The average molecular weight is 217 g/mol. The molecule has 4 N–H and O–H groups in total. The largest absolute Gasteiger partial charge is 0.508 e. The van der Waals surface area contributed by atoms with Gasteiger partial charge in [-0.05, 0) is 24.6 Å². The van der Waals surface area contributed by atoms with Gasteiger partial charge in [0.15, 0.2) is 5.60 Å². The van der Waals surface area contributed by atoms with Crippen LogP contribution in [0.3, 0.4) is 0 Å². The van der Waals surface area contributed by atoms with E-state index in [0.717, 1.165) is 13.0 Å². The molecule has 0 aromatic heterocycles. The van der Waals surface area contributed by atoms with E-state index in [1.54, 1.807) is 0 Å². The lowest BCUT2D eigenvalue weighted by Gasteiger charge is -2.32. The highest BCUT2D eigenvalue weighted by atomic mass is 19.3. The molecule has 1 aromatic rings. The van der Waals surface area contributed by atoms with E-state index < -0.39 is 18.1 Å². The van der Waals surface area contributed by atoms with Gasteiger partial charge in [0.05, 0.1) is 6.54 Å². The Morgan fingerprint density at radius 2 is 2.00 bits per heavy atom. The molecule has 5 heteroatoms. The first-order valence-electron chi connectivity index (χ1n) is 4.41. The summed E-state index contributed by atoms with van der Waals surface area (Å²) < 4.78 is 26.6. The molecular weight excluding hydrogens is 204 g/mol. The van der Waals surface area contributed by atoms with E-state index in [2.05, 4.69) is 0 Å². The molecule has 15 heavy (non-hydrogen) atoms. The number of aliphatic hydroxyl groups is 1. The molecule has 0 saturated heterocycles. The minimum Gasteiger partial charge on any atom is -0.508 e. The number of nitrogens with two attached hydrogens (primary N) is 1. The zero-order valence-corrected chi connectivity index (χ0v) is 8.24. The number of benzene rings is 1. The molecule has 0 saturated carbocycles. The molecule has 1 aromatic carbocycles. The molecule has 0 fully saturated rings. The fourth-order valence-corrected chi connectivity index (χ4v) is 1.22. The number of alkyl halides is 2. The maximum absolute atomic E-state index is 13.3. The molecule has 1 unspecified atom stereocenters. The second-order valence-electron chi connectivity index (χ2n) is 3.53. The van der Waals surface area contributed by atoms with Crippen LogP contribution >= 0.6 is 0 Å². The zero-order valence-electron chi connectivity index (χ0n) is 8.24. The van der Waals surface area contributed by atoms with Crippen LogP contribution < -0.4 is 5.73 Å². The lowest BCUT2D eigenvalue weighted by molar-refractivity contribution is -0.170. The Morgan fingerprint density at radius 1 is 1.40 bits per heavy atom. The van der Waals surface area contributed by atoms with Gasteiger partial charge in [-0.25, -0.2) is 8.78 Å². The molecule has 3 nitrogen and oxygen atoms in total. The van der Waals surface area contributed by atoms with Crippen LogP contribution in [0.25, 0.3) is 0 Å². The van der Waals surface area contributed by atoms with E-state index in [1.165, 1.54) is 18.2 Å². The lowest BCUT2D eigenvalue weighted by Crippen LogP contribution is -2.48. The van der Waals surface area contributed by atoms with Crippen molar-refractivity contribution in [2.45, 2.75) is 18.4 Å². The number of phenols is 1. The van der Waals surface area contributed by atoms with Gasteiger partial charge < -0.3 is 15.9 Å². The first kappa shape index (κ1) is 11.9. The highest BCUT2D eigenvalue weighted by Crippen LogP contribution is 2.37. The Hall–Kier alpha value is -1.20. The van der Waals surface area contributed by atoms with Crippen LogP contribution in [0.4, 0.5) is 8.78 Å². The molecule has 84 valence electrons. The quantitative estimate of drug-likeness (QED) is 0.712. The van der Waals surface area contributed by atoms with Gasteiger partial charge in [-0.1, -0.05) is 12.1 Å². The van der Waals surface area contributed by atoms with Crippen molar-refractivity contribution in [2.24, 2.45) is 5.73 Å². The fraction of sp³-hybridized carbons (Fsp3) is 0.400. The van der Waals surface area contributed by atoms with Crippen LogP contribution in [0.5, 0.6) is 5.75 Å². The monoisotopic (exact) mass is 217 g/mol. The molecule has 0 aliphatic rings. The van der Waals surface area contributed by atoms with Crippen molar-refractivity contribution < 1.29 is 19.0 Å². The smallest absolute Gasteiger partial charge is 0.291 e. The summed E-state index contributed by atoms with van der Waals surface area (Å²) in [5, 5.41) is 18.8. The molecule has 0 radical (unpaired) electrons. The summed E-state index contributed by atoms with van der Waals surface area (Å²) in [6, 6.07) is 5.11. The second kappa shape index (κ2) is 3.75. The average Bonchev–Trinajstić information content (AvgIpc) is 2.17. The maximum atomic E-state index is 13.3. The number of rotatable bonds is 3. The van der Waals surface area contributed by atoms with E-state index in [4.69, 9.17) is 10.8 Å². The van der Waals surface area contributed by atoms with E-state index in [0.29, 0.717) is 0 Å². The third kappa shape index (κ3) is 2.08. The number of hydrogen-bond acceptors (Lipinski definition) is 3. The summed E-state index contributed by atoms with van der Waals surface area (Å²) in [7, 11) is 0. The van der Waals surface area contributed by atoms with Crippen LogP contribution in [-0.4, -0.2) is 22.7 Å². The Labute approximate surface area is 86.2 Å². The van der Waals surface area contributed by atoms with Crippen LogP contribution in [-0.2, 0) is 5.60 Å². The predicted molar refractivity (Wildman–Crippen MR) is 51.7 cm³/mol. The van der Waals surface area contributed by atoms with Crippen LogP contribution in [0.2, 0.25) is 0 Å². The van der Waals surface area contributed by atoms with E-state index in [9.17, 15) is 13.9 Å². The Balaban J connectivity index is 3.16. The Kier molecular flexibility index (Phi) is 2.97. The standard InChI is InChI=1S/C10H13F2NO2/c1-9(15,10(11,12)6-13)7-3-2-4-8(14)5-7/h2-5,14-15H,6,13H2,1H3. The second-order valence-corrected chi connectivity index (χ2v) is 3.53. The maximum Gasteiger partial charge on any atom is 0.291 e. The predicted octanol–water partition coefficient (Wildman–Crippen LogP) is 1.19. The van der Waals surface area contributed by atoms with Crippen molar-refractivity contribution >= 4 is 0 Å². The van der Waals surface area contributed by atoms with Crippen molar-refractivity contribution in [3.05, 3.63) is 29.8 Å². The van der Waals surface area contributed by atoms with Gasteiger partial charge in [-0.2, -0.15) is 0 Å². The lowest BCUT2D eigenvalue weighted by atomic mass is 9.89. The summed E-state index contributed by atoms with van der Waals surface area (Å²) >= 11 is 0. The van der Waals surface area contributed by atoms with Crippen molar-refractivity contribution in [1.29, 1.82) is 0 Å². The highest BCUT2D eigenvalue weighted by Gasteiger charge is 2.49. The molecule has 1 rings (SSSR count). The van der Waals surface area contributed by atoms with Gasteiger partial charge in [0.25, 0.3) is 5.92 Å². The van der Waals surface area contributed by atoms with Crippen LogP contribution in [0.1, 0.15) is 12.5 Å². The highest BCUT2D eigenvalue weighted by molar-refractivity contribution is 5.32. The van der Waals surface area contributed by atoms with E-state index >= 15 is 0 Å². The fourth-order valence-electron chi connectivity index (χ4n) is 1.22. The molecule has 0 bridgehead atoms. The van der Waals surface area contributed by atoms with E-state index in [1.807, 2.05) is 0 Å². The van der Waals surface area contributed by atoms with Crippen molar-refractivity contribution in [3.63, 3.8) is 0 Å². The SMILES string of the molecule is CC(O)(c1cccc(O)c1)C(F)(F)CN. The molecular formula is C10H13F2NO2. The molecule has 0 heterocycles. The van der Waals surface area contributed by atoms with Crippen LogP contribution in [0.15, 0.2) is 24.3 Å². The molecule has 0 aliphatic carbocycles. The molecule has 0 spiro atoms. The van der Waals surface area contributed by atoms with Gasteiger partial charge in [-0.3, -0.25) is 0 Å². The topological polar surface area (TPSA) is 66.5 Å². The van der Waals surface area contributed by atoms with Gasteiger partial charge in [0.1, 0.15) is 5.75 Å². The van der Waals surface area contributed by atoms with Gasteiger partial charge >= 0.3 is 0 Å². The molecule has 0 aliphatic heterocycles. The Morgan fingerprint density at radius 3 is 2.47 bits per heavy atom. The van der Waals surface area contributed by atoms with Gasteiger partial charge in [-0.15, -0.1) is 0 Å². The molecule has 1 atom stereocenters. The Bertz CT molecular complexity index is 353. The van der Waals surface area contributed by atoms with Gasteiger partial charge in [0.2, 0.25) is 0 Å². The summed E-state index contributed by atoms with van der Waals surface area (Å²) in [4.78, 5) is 0. The summed E-state index contributed by atoms with van der Waals surface area (Å²) in [5.41, 5.74) is 2.44. The van der Waals surface area contributed by atoms with Crippen LogP contribution in [0, 0.1) is 0 Å². The minimum atomic E-state index is -3.44. The summed E-state index contributed by atoms with van der Waals surface area (Å²) in [5.74, 6) is -3.62. The third-order valence-corrected chi connectivity index (χ3v) is 2.38. The summed E-state index contributed by atoms with van der Waals surface area (Å²) in [6.07, 6.45) is 0.